The third-order valence-corrected chi connectivity index (χ3v) is 4.66. The van der Waals surface area contributed by atoms with Gasteiger partial charge in [0.2, 0.25) is 29.5 Å². The lowest BCUT2D eigenvalue weighted by Gasteiger charge is -2.16. The van der Waals surface area contributed by atoms with Crippen LogP contribution in [0.3, 0.4) is 0 Å². The second-order valence-electron chi connectivity index (χ2n) is 6.60. The van der Waals surface area contributed by atoms with Crippen LogP contribution in [0.25, 0.3) is 0 Å². The monoisotopic (exact) mass is 412 g/mol. The van der Waals surface area contributed by atoms with Crippen molar-refractivity contribution < 1.29 is 38.3 Å². The zero-order valence-corrected chi connectivity index (χ0v) is 16.3. The molecular weight excluding hydrogens is 388 g/mol. The molecule has 29 heavy (non-hydrogen) atoms. The van der Waals surface area contributed by atoms with Gasteiger partial charge in [0, 0.05) is 39.4 Å². The molecule has 2 heterocycles. The molecule has 2 unspecified atom stereocenters. The van der Waals surface area contributed by atoms with Gasteiger partial charge < -0.3 is 10.1 Å². The van der Waals surface area contributed by atoms with Crippen LogP contribution in [0.4, 0.5) is 0 Å². The summed E-state index contributed by atoms with van der Waals surface area (Å²) in [4.78, 5) is 77.8. The van der Waals surface area contributed by atoms with Gasteiger partial charge in [-0.1, -0.05) is 0 Å². The number of nitrogens with zero attached hydrogens (tertiary/aromatic N) is 2. The maximum absolute atomic E-state index is 12.4. The van der Waals surface area contributed by atoms with Gasteiger partial charge >= 0.3 is 0 Å². The van der Waals surface area contributed by atoms with Crippen molar-refractivity contribution in [3.05, 3.63) is 0 Å². The second-order valence-corrected chi connectivity index (χ2v) is 6.60. The summed E-state index contributed by atoms with van der Waals surface area (Å²) in [5.74, 6) is -3.50. The van der Waals surface area contributed by atoms with Gasteiger partial charge in [0.25, 0.3) is 5.91 Å². The van der Waals surface area contributed by atoms with E-state index in [0.717, 1.165) is 9.80 Å². The van der Waals surface area contributed by atoms with Gasteiger partial charge in [-0.15, -0.1) is 0 Å². The highest BCUT2D eigenvalue weighted by atomic mass is 16.6. The number of rotatable bonds is 10. The SMILES string of the molecule is CNC(=O)CCN1C(=O)CC(OCC2CC(=O)N(CCC(=O)NOC)C2=O)C1=O. The fourth-order valence-corrected chi connectivity index (χ4v) is 3.08. The number of nitrogens with one attached hydrogen (secondary N) is 2. The Hall–Kier alpha value is -2.86. The Kier molecular flexibility index (Phi) is 7.79. The average Bonchev–Trinajstić information content (AvgIpc) is 3.11. The van der Waals surface area contributed by atoms with Crippen molar-refractivity contribution >= 4 is 35.4 Å². The predicted molar refractivity (Wildman–Crippen MR) is 94.4 cm³/mol. The number of hydroxylamine groups is 1. The number of ether oxygens (including phenoxy) is 1. The average molecular weight is 412 g/mol. The summed E-state index contributed by atoms with van der Waals surface area (Å²) in [6, 6.07) is 0. The van der Waals surface area contributed by atoms with E-state index < -0.39 is 41.6 Å². The standard InChI is InChI=1S/C17H24N4O8/c1-18-12(22)3-5-21-15(25)8-11(17(21)27)29-9-10-7-14(24)20(16(10)26)6-4-13(23)19-28-2/h10-11H,3-9H2,1-2H3,(H,18,22)(H,19,23). The number of imide groups is 2. The molecule has 2 N–H and O–H groups in total. The molecule has 2 aliphatic rings. The first-order valence-electron chi connectivity index (χ1n) is 9.10. The van der Waals surface area contributed by atoms with E-state index in [4.69, 9.17) is 4.74 Å². The maximum Gasteiger partial charge on any atom is 0.258 e. The van der Waals surface area contributed by atoms with Crippen LogP contribution < -0.4 is 10.8 Å². The number of hydrogen-bond acceptors (Lipinski definition) is 8. The lowest BCUT2D eigenvalue weighted by molar-refractivity contribution is -0.146. The quantitative estimate of drug-likeness (QED) is 0.300. The molecule has 0 radical (unpaired) electrons. The Labute approximate surface area is 166 Å². The van der Waals surface area contributed by atoms with Crippen LogP contribution in [0.15, 0.2) is 0 Å². The van der Waals surface area contributed by atoms with Crippen molar-refractivity contribution in [2.24, 2.45) is 5.92 Å². The van der Waals surface area contributed by atoms with E-state index in [1.54, 1.807) is 0 Å². The topological polar surface area (TPSA) is 151 Å². The van der Waals surface area contributed by atoms with E-state index in [0.29, 0.717) is 0 Å². The Morgan fingerprint density at radius 1 is 0.966 bits per heavy atom. The van der Waals surface area contributed by atoms with Crippen LogP contribution in [0.1, 0.15) is 25.7 Å². The summed E-state index contributed by atoms with van der Waals surface area (Å²) in [5.41, 5.74) is 2.09. The molecule has 160 valence electrons. The van der Waals surface area contributed by atoms with Gasteiger partial charge in [-0.2, -0.15) is 0 Å². The molecule has 0 saturated carbocycles. The highest BCUT2D eigenvalue weighted by molar-refractivity contribution is 6.05. The summed E-state index contributed by atoms with van der Waals surface area (Å²) in [6.07, 6.45) is -1.43. The minimum atomic E-state index is -1.04. The molecule has 0 aliphatic carbocycles. The van der Waals surface area contributed by atoms with Crippen molar-refractivity contribution in [1.29, 1.82) is 0 Å². The third kappa shape index (κ3) is 5.57. The van der Waals surface area contributed by atoms with Gasteiger partial charge in [0.15, 0.2) is 0 Å². The van der Waals surface area contributed by atoms with Crippen molar-refractivity contribution in [1.82, 2.24) is 20.6 Å². The number of carbonyl (C=O) groups excluding carboxylic acids is 6. The summed E-state index contributed by atoms with van der Waals surface area (Å²) < 4.78 is 5.45. The molecule has 12 nitrogen and oxygen atoms in total. The Balaban J connectivity index is 1.83. The Morgan fingerprint density at radius 3 is 2.17 bits per heavy atom. The first kappa shape index (κ1) is 22.4. The molecule has 6 amide bonds. The predicted octanol–water partition coefficient (Wildman–Crippen LogP) is -2.29. The fourth-order valence-electron chi connectivity index (χ4n) is 3.08. The zero-order valence-electron chi connectivity index (χ0n) is 16.3. The first-order chi connectivity index (χ1) is 13.8. The highest BCUT2D eigenvalue weighted by Gasteiger charge is 2.42. The Morgan fingerprint density at radius 2 is 1.55 bits per heavy atom. The minimum absolute atomic E-state index is 0.0120. The Bertz CT molecular complexity index is 710. The number of likely N-dealkylation sites (tertiary alicyclic amines) is 2. The van der Waals surface area contributed by atoms with Crippen molar-refractivity contribution in [2.75, 3.05) is 33.9 Å². The van der Waals surface area contributed by atoms with Crippen LogP contribution in [0.2, 0.25) is 0 Å². The molecule has 2 saturated heterocycles. The molecule has 0 bridgehead atoms. The number of amides is 6. The van der Waals surface area contributed by atoms with Crippen LogP contribution in [0.5, 0.6) is 0 Å². The number of hydrogen-bond donors (Lipinski definition) is 2. The molecule has 0 spiro atoms. The largest absolute Gasteiger partial charge is 0.367 e. The van der Waals surface area contributed by atoms with E-state index in [9.17, 15) is 28.8 Å². The summed E-state index contributed by atoms with van der Waals surface area (Å²) in [7, 11) is 2.72. The summed E-state index contributed by atoms with van der Waals surface area (Å²) in [6.45, 7) is -0.328. The summed E-state index contributed by atoms with van der Waals surface area (Å²) in [5, 5.41) is 2.40. The van der Waals surface area contributed by atoms with Crippen LogP contribution in [0, 0.1) is 5.92 Å². The van der Waals surface area contributed by atoms with Gasteiger partial charge in [-0.3, -0.25) is 43.4 Å². The molecule has 2 aliphatic heterocycles. The van der Waals surface area contributed by atoms with Crippen LogP contribution >= 0.6 is 0 Å². The highest BCUT2D eigenvalue weighted by Crippen LogP contribution is 2.23. The molecule has 0 aromatic carbocycles. The van der Waals surface area contributed by atoms with Gasteiger partial charge in [-0.25, -0.2) is 5.48 Å². The smallest absolute Gasteiger partial charge is 0.258 e. The van der Waals surface area contributed by atoms with Crippen molar-refractivity contribution in [3.63, 3.8) is 0 Å². The molecule has 2 atom stereocenters. The molecular formula is C17H24N4O8. The van der Waals surface area contributed by atoms with Crippen molar-refractivity contribution in [2.45, 2.75) is 31.8 Å². The van der Waals surface area contributed by atoms with Crippen LogP contribution in [-0.2, 0) is 38.3 Å². The lowest BCUT2D eigenvalue weighted by atomic mass is 10.1. The summed E-state index contributed by atoms with van der Waals surface area (Å²) >= 11 is 0. The van der Waals surface area contributed by atoms with Gasteiger partial charge in [0.05, 0.1) is 26.1 Å². The van der Waals surface area contributed by atoms with E-state index in [-0.39, 0.29) is 51.3 Å². The zero-order chi connectivity index (χ0) is 21.6. The second kappa shape index (κ2) is 10.1. The van der Waals surface area contributed by atoms with E-state index in [1.807, 2.05) is 0 Å². The third-order valence-electron chi connectivity index (χ3n) is 4.66. The lowest BCUT2D eigenvalue weighted by Crippen LogP contribution is -2.37. The van der Waals surface area contributed by atoms with E-state index >= 15 is 0 Å². The minimum Gasteiger partial charge on any atom is -0.367 e. The van der Waals surface area contributed by atoms with Gasteiger partial charge in [0.1, 0.15) is 6.10 Å². The van der Waals surface area contributed by atoms with E-state index in [2.05, 4.69) is 15.6 Å². The first-order valence-corrected chi connectivity index (χ1v) is 9.10. The van der Waals surface area contributed by atoms with E-state index in [1.165, 1.54) is 14.2 Å². The van der Waals surface area contributed by atoms with Gasteiger partial charge in [-0.05, 0) is 0 Å². The molecule has 0 aromatic heterocycles. The maximum atomic E-state index is 12.4. The molecule has 12 heteroatoms. The molecule has 2 rings (SSSR count). The fraction of sp³-hybridized carbons (Fsp3) is 0.647. The number of carbonyl (C=O) groups is 6. The van der Waals surface area contributed by atoms with Crippen molar-refractivity contribution in [3.8, 4) is 0 Å². The van der Waals surface area contributed by atoms with Crippen LogP contribution in [-0.4, -0.2) is 85.2 Å². The molecule has 0 aromatic rings. The molecule has 2 fully saturated rings. The normalized spacial score (nSPS) is 21.9.